The van der Waals surface area contributed by atoms with Crippen LogP contribution in [0.15, 0.2) is 17.5 Å². The minimum atomic E-state index is -0.887. The molecule has 0 bridgehead atoms. The third kappa shape index (κ3) is 2.67. The molecule has 2 N–H and O–H groups in total. The molecule has 0 aromatic carbocycles. The molecular weight excluding hydrogens is 256 g/mol. The van der Waals surface area contributed by atoms with Crippen molar-refractivity contribution in [2.45, 2.75) is 0 Å². The van der Waals surface area contributed by atoms with Gasteiger partial charge in [0.2, 0.25) is 5.91 Å². The van der Waals surface area contributed by atoms with Crippen LogP contribution in [0.2, 0.25) is 0 Å². The molecule has 2 rings (SSSR count). The Morgan fingerprint density at radius 3 is 2.72 bits per heavy atom. The molecule has 7 heteroatoms. The second-order valence-corrected chi connectivity index (χ2v) is 4.94. The number of hydrogen-bond acceptors (Lipinski definition) is 4. The standard InChI is InChI=1S/C11H12N2O4S/c14-9(13-5-7(6-13)11(16)17)4-12-10(15)8-2-1-3-18-8/h1-3,7H,4-6H2,(H,12,15)(H,16,17). The van der Waals surface area contributed by atoms with Crippen LogP contribution >= 0.6 is 11.3 Å². The van der Waals surface area contributed by atoms with Gasteiger partial charge in [-0.05, 0) is 11.4 Å². The number of carboxylic acid groups (broad SMARTS) is 1. The van der Waals surface area contributed by atoms with Crippen molar-refractivity contribution in [1.82, 2.24) is 10.2 Å². The van der Waals surface area contributed by atoms with E-state index in [1.165, 1.54) is 16.2 Å². The number of nitrogens with one attached hydrogen (secondary N) is 1. The Morgan fingerprint density at radius 2 is 2.17 bits per heavy atom. The molecule has 0 spiro atoms. The Morgan fingerprint density at radius 1 is 1.44 bits per heavy atom. The van der Waals surface area contributed by atoms with E-state index < -0.39 is 11.9 Å². The van der Waals surface area contributed by atoms with Crippen LogP contribution in [-0.2, 0) is 9.59 Å². The van der Waals surface area contributed by atoms with Crippen molar-refractivity contribution in [3.05, 3.63) is 22.4 Å². The van der Waals surface area contributed by atoms with Gasteiger partial charge in [0.15, 0.2) is 0 Å². The van der Waals surface area contributed by atoms with Crippen LogP contribution in [0, 0.1) is 5.92 Å². The van der Waals surface area contributed by atoms with E-state index in [4.69, 9.17) is 5.11 Å². The molecule has 0 atom stereocenters. The van der Waals surface area contributed by atoms with Crippen molar-refractivity contribution in [1.29, 1.82) is 0 Å². The summed E-state index contributed by atoms with van der Waals surface area (Å²) >= 11 is 1.30. The van der Waals surface area contributed by atoms with Gasteiger partial charge in [-0.2, -0.15) is 0 Å². The highest BCUT2D eigenvalue weighted by molar-refractivity contribution is 7.12. The number of nitrogens with zero attached hydrogens (tertiary/aromatic N) is 1. The molecule has 18 heavy (non-hydrogen) atoms. The number of thiophene rings is 1. The fourth-order valence-corrected chi connectivity index (χ4v) is 2.24. The lowest BCUT2D eigenvalue weighted by Crippen LogP contribution is -2.55. The number of amides is 2. The zero-order valence-corrected chi connectivity index (χ0v) is 10.3. The first-order valence-electron chi connectivity index (χ1n) is 5.40. The van der Waals surface area contributed by atoms with Gasteiger partial charge in [0.1, 0.15) is 0 Å². The average Bonchev–Trinajstić information content (AvgIpc) is 2.76. The third-order valence-electron chi connectivity index (χ3n) is 2.73. The molecule has 1 aliphatic rings. The molecule has 0 saturated carbocycles. The highest BCUT2D eigenvalue weighted by Crippen LogP contribution is 2.15. The monoisotopic (exact) mass is 268 g/mol. The minimum Gasteiger partial charge on any atom is -0.481 e. The maximum atomic E-state index is 11.6. The molecule has 1 saturated heterocycles. The van der Waals surface area contributed by atoms with Crippen LogP contribution in [0.4, 0.5) is 0 Å². The van der Waals surface area contributed by atoms with Crippen molar-refractivity contribution in [2.24, 2.45) is 5.92 Å². The zero-order valence-electron chi connectivity index (χ0n) is 9.46. The highest BCUT2D eigenvalue weighted by Gasteiger charge is 2.35. The average molecular weight is 268 g/mol. The van der Waals surface area contributed by atoms with Crippen LogP contribution in [-0.4, -0.2) is 47.4 Å². The van der Waals surface area contributed by atoms with Crippen LogP contribution in [0.1, 0.15) is 9.67 Å². The van der Waals surface area contributed by atoms with E-state index in [2.05, 4.69) is 5.32 Å². The van der Waals surface area contributed by atoms with Gasteiger partial charge < -0.3 is 15.3 Å². The second-order valence-electron chi connectivity index (χ2n) is 3.99. The molecule has 0 radical (unpaired) electrons. The van der Waals surface area contributed by atoms with E-state index in [1.54, 1.807) is 17.5 Å². The maximum Gasteiger partial charge on any atom is 0.310 e. The molecule has 1 fully saturated rings. The van der Waals surface area contributed by atoms with Crippen LogP contribution in [0.5, 0.6) is 0 Å². The maximum absolute atomic E-state index is 11.6. The molecule has 96 valence electrons. The first kappa shape index (κ1) is 12.6. The Kier molecular flexibility index (Phi) is 3.61. The number of rotatable bonds is 4. The van der Waals surface area contributed by atoms with Crippen molar-refractivity contribution in [3.8, 4) is 0 Å². The predicted octanol–water partition coefficient (Wildman–Crippen LogP) is 0.0209. The number of hydrogen-bond donors (Lipinski definition) is 2. The topological polar surface area (TPSA) is 86.7 Å². The smallest absolute Gasteiger partial charge is 0.310 e. The van der Waals surface area contributed by atoms with Gasteiger partial charge in [0.05, 0.1) is 17.3 Å². The lowest BCUT2D eigenvalue weighted by molar-refractivity contribution is -0.152. The quantitative estimate of drug-likeness (QED) is 0.806. The fraction of sp³-hybridized carbons (Fsp3) is 0.364. The normalized spacial score (nSPS) is 15.0. The summed E-state index contributed by atoms with van der Waals surface area (Å²) in [6.07, 6.45) is 0. The lowest BCUT2D eigenvalue weighted by Gasteiger charge is -2.36. The number of aliphatic carboxylic acids is 1. The summed E-state index contributed by atoms with van der Waals surface area (Å²) in [7, 11) is 0. The van der Waals surface area contributed by atoms with E-state index in [0.717, 1.165) is 0 Å². The van der Waals surface area contributed by atoms with E-state index in [0.29, 0.717) is 4.88 Å². The Balaban J connectivity index is 1.73. The van der Waals surface area contributed by atoms with Crippen LogP contribution in [0.25, 0.3) is 0 Å². The first-order chi connectivity index (χ1) is 8.58. The summed E-state index contributed by atoms with van der Waals surface area (Å²) in [5, 5.41) is 13.0. The second kappa shape index (κ2) is 5.18. The summed E-state index contributed by atoms with van der Waals surface area (Å²) in [5.74, 6) is -1.89. The number of carbonyl (C=O) groups excluding carboxylic acids is 2. The van der Waals surface area contributed by atoms with Gasteiger partial charge in [-0.3, -0.25) is 14.4 Å². The zero-order chi connectivity index (χ0) is 13.1. The van der Waals surface area contributed by atoms with E-state index in [9.17, 15) is 14.4 Å². The fourth-order valence-electron chi connectivity index (χ4n) is 1.60. The Bertz CT molecular complexity index is 465. The predicted molar refractivity (Wildman–Crippen MR) is 64.4 cm³/mol. The molecular formula is C11H12N2O4S. The third-order valence-corrected chi connectivity index (χ3v) is 3.60. The lowest BCUT2D eigenvalue weighted by atomic mass is 10.0. The van der Waals surface area contributed by atoms with Crippen molar-refractivity contribution in [2.75, 3.05) is 19.6 Å². The highest BCUT2D eigenvalue weighted by atomic mass is 32.1. The molecule has 1 aliphatic heterocycles. The van der Waals surface area contributed by atoms with E-state index >= 15 is 0 Å². The van der Waals surface area contributed by atoms with E-state index in [-0.39, 0.29) is 31.4 Å². The number of likely N-dealkylation sites (tertiary alicyclic amines) is 1. The Labute approximate surface area is 107 Å². The summed E-state index contributed by atoms with van der Waals surface area (Å²) in [6.45, 7) is 0.356. The molecule has 0 aliphatic carbocycles. The summed E-state index contributed by atoms with van der Waals surface area (Å²) in [5.41, 5.74) is 0. The first-order valence-corrected chi connectivity index (χ1v) is 6.28. The number of carboxylic acids is 1. The SMILES string of the molecule is O=C(NCC(=O)N1CC(C(=O)O)C1)c1cccs1. The largest absolute Gasteiger partial charge is 0.481 e. The summed E-state index contributed by atoms with van der Waals surface area (Å²) in [4.78, 5) is 35.7. The summed E-state index contributed by atoms with van der Waals surface area (Å²) < 4.78 is 0. The van der Waals surface area contributed by atoms with Gasteiger partial charge in [-0.1, -0.05) is 6.07 Å². The molecule has 0 unspecified atom stereocenters. The molecule has 6 nitrogen and oxygen atoms in total. The molecule has 1 aromatic heterocycles. The molecule has 2 amide bonds. The van der Waals surface area contributed by atoms with E-state index in [1.807, 2.05) is 0 Å². The van der Waals surface area contributed by atoms with Crippen molar-refractivity contribution < 1.29 is 19.5 Å². The van der Waals surface area contributed by atoms with Gasteiger partial charge in [0, 0.05) is 13.1 Å². The minimum absolute atomic E-state index is 0.0942. The molecule has 2 heterocycles. The Hall–Kier alpha value is -1.89. The van der Waals surface area contributed by atoms with Crippen LogP contribution in [0.3, 0.4) is 0 Å². The van der Waals surface area contributed by atoms with Gasteiger partial charge in [-0.25, -0.2) is 0 Å². The van der Waals surface area contributed by atoms with Gasteiger partial charge in [0.25, 0.3) is 5.91 Å². The van der Waals surface area contributed by atoms with Gasteiger partial charge in [-0.15, -0.1) is 11.3 Å². The van der Waals surface area contributed by atoms with Gasteiger partial charge >= 0.3 is 5.97 Å². The van der Waals surface area contributed by atoms with Crippen LogP contribution < -0.4 is 5.32 Å². The van der Waals surface area contributed by atoms with Crippen molar-refractivity contribution in [3.63, 3.8) is 0 Å². The van der Waals surface area contributed by atoms with Crippen molar-refractivity contribution >= 4 is 29.1 Å². The molecule has 1 aromatic rings. The number of carbonyl (C=O) groups is 3. The summed E-state index contributed by atoms with van der Waals surface area (Å²) in [6, 6.07) is 3.43.